The van der Waals surface area contributed by atoms with Gasteiger partial charge in [0.1, 0.15) is 0 Å². The van der Waals surface area contributed by atoms with Gasteiger partial charge in [-0.15, -0.1) is 11.3 Å². The van der Waals surface area contributed by atoms with Gasteiger partial charge in [-0.3, -0.25) is 4.79 Å². The van der Waals surface area contributed by atoms with E-state index in [0.29, 0.717) is 13.0 Å². The zero-order valence-corrected chi connectivity index (χ0v) is 12.1. The number of aryl methyl sites for hydroxylation is 1. The molecule has 1 rings (SSSR count). The summed E-state index contributed by atoms with van der Waals surface area (Å²) in [6, 6.07) is -0.369. The summed E-state index contributed by atoms with van der Waals surface area (Å²) in [7, 11) is 0. The molecule has 0 aliphatic carbocycles. The fraction of sp³-hybridized carbons (Fsp3) is 0.583. The highest BCUT2D eigenvalue weighted by molar-refractivity contribution is 7.11. The average Bonchev–Trinajstić information content (AvgIpc) is 2.79. The van der Waals surface area contributed by atoms with E-state index in [-0.39, 0.29) is 12.6 Å². The van der Waals surface area contributed by atoms with E-state index >= 15 is 0 Å². The smallest absolute Gasteiger partial charge is 0.315 e. The maximum absolute atomic E-state index is 11.6. The second kappa shape index (κ2) is 6.51. The third-order valence-electron chi connectivity index (χ3n) is 3.03. The van der Waals surface area contributed by atoms with Crippen molar-refractivity contribution in [3.63, 3.8) is 0 Å². The summed E-state index contributed by atoms with van der Waals surface area (Å²) in [6.07, 6.45) is 2.17. The van der Waals surface area contributed by atoms with E-state index in [2.05, 4.69) is 15.6 Å². The van der Waals surface area contributed by atoms with Crippen LogP contribution in [0, 0.1) is 12.3 Å². The van der Waals surface area contributed by atoms with Crippen molar-refractivity contribution in [3.8, 4) is 0 Å². The molecule has 1 unspecified atom stereocenters. The Morgan fingerprint density at radius 3 is 2.63 bits per heavy atom. The Morgan fingerprint density at radius 2 is 2.16 bits per heavy atom. The van der Waals surface area contributed by atoms with Gasteiger partial charge in [-0.25, -0.2) is 9.78 Å². The van der Waals surface area contributed by atoms with E-state index in [0.717, 1.165) is 9.88 Å². The second-order valence-corrected chi connectivity index (χ2v) is 5.92. The van der Waals surface area contributed by atoms with Gasteiger partial charge in [0.15, 0.2) is 0 Å². The number of hydrogen-bond acceptors (Lipinski definition) is 4. The predicted octanol–water partition coefficient (Wildman–Crippen LogP) is 1.75. The fourth-order valence-electron chi connectivity index (χ4n) is 1.34. The third kappa shape index (κ3) is 4.51. The van der Waals surface area contributed by atoms with Gasteiger partial charge in [0.2, 0.25) is 0 Å². The number of hydrogen-bond donors (Lipinski definition) is 3. The first-order valence-corrected chi connectivity index (χ1v) is 6.85. The van der Waals surface area contributed by atoms with Crippen molar-refractivity contribution in [1.29, 1.82) is 0 Å². The van der Waals surface area contributed by atoms with E-state index in [1.165, 1.54) is 11.3 Å². The molecule has 0 fully saturated rings. The number of amides is 2. The summed E-state index contributed by atoms with van der Waals surface area (Å²) >= 11 is 1.52. The molecular weight excluding hydrogens is 266 g/mol. The molecule has 1 heterocycles. The van der Waals surface area contributed by atoms with Gasteiger partial charge in [-0.1, -0.05) is 6.92 Å². The van der Waals surface area contributed by atoms with Gasteiger partial charge in [0.25, 0.3) is 0 Å². The Kier molecular flexibility index (Phi) is 5.29. The standard InChI is InChI=1S/C12H19N3O3S/c1-4-12(3,10(16)17)7-15-11(18)14-6-9-5-13-8(2)19-9/h5H,4,6-7H2,1-3H3,(H,16,17)(H2,14,15,18). The Morgan fingerprint density at radius 1 is 1.47 bits per heavy atom. The number of carbonyl (C=O) groups is 2. The van der Waals surface area contributed by atoms with Gasteiger partial charge in [0, 0.05) is 17.6 Å². The van der Waals surface area contributed by atoms with Gasteiger partial charge in [0.05, 0.1) is 17.0 Å². The molecule has 106 valence electrons. The summed E-state index contributed by atoms with van der Waals surface area (Å²) in [5, 5.41) is 15.3. The zero-order chi connectivity index (χ0) is 14.5. The normalized spacial score (nSPS) is 13.6. The van der Waals surface area contributed by atoms with Crippen molar-refractivity contribution in [2.45, 2.75) is 33.7 Å². The number of thiazole rings is 1. The monoisotopic (exact) mass is 285 g/mol. The van der Waals surface area contributed by atoms with Gasteiger partial charge in [-0.05, 0) is 20.3 Å². The molecule has 0 spiro atoms. The largest absolute Gasteiger partial charge is 0.481 e. The highest BCUT2D eigenvalue weighted by atomic mass is 32.1. The molecule has 6 nitrogen and oxygen atoms in total. The van der Waals surface area contributed by atoms with E-state index in [1.54, 1.807) is 20.0 Å². The van der Waals surface area contributed by atoms with Crippen molar-refractivity contribution in [1.82, 2.24) is 15.6 Å². The van der Waals surface area contributed by atoms with Crippen LogP contribution in [-0.4, -0.2) is 28.6 Å². The third-order valence-corrected chi connectivity index (χ3v) is 3.94. The molecule has 0 aliphatic heterocycles. The quantitative estimate of drug-likeness (QED) is 0.742. The molecule has 3 N–H and O–H groups in total. The molecule has 1 aromatic heterocycles. The lowest BCUT2D eigenvalue weighted by Crippen LogP contribution is -2.44. The zero-order valence-electron chi connectivity index (χ0n) is 11.3. The van der Waals surface area contributed by atoms with Crippen LogP contribution in [0.5, 0.6) is 0 Å². The van der Waals surface area contributed by atoms with Crippen LogP contribution in [0.4, 0.5) is 4.79 Å². The SMILES string of the molecule is CCC(C)(CNC(=O)NCc1cnc(C)s1)C(=O)O. The van der Waals surface area contributed by atoms with Crippen molar-refractivity contribution in [3.05, 3.63) is 16.1 Å². The number of aromatic nitrogens is 1. The van der Waals surface area contributed by atoms with Crippen LogP contribution < -0.4 is 10.6 Å². The summed E-state index contributed by atoms with van der Waals surface area (Å²) in [5.74, 6) is -0.909. The lowest BCUT2D eigenvalue weighted by Gasteiger charge is -2.23. The molecule has 0 aliphatic rings. The molecule has 19 heavy (non-hydrogen) atoms. The molecule has 7 heteroatoms. The van der Waals surface area contributed by atoms with Gasteiger partial charge >= 0.3 is 12.0 Å². The molecule has 1 atom stereocenters. The first-order chi connectivity index (χ1) is 8.87. The minimum atomic E-state index is -0.932. The number of carboxylic acids is 1. The lowest BCUT2D eigenvalue weighted by atomic mass is 9.88. The molecule has 1 aromatic rings. The summed E-state index contributed by atoms with van der Waals surface area (Å²) in [6.45, 7) is 5.80. The predicted molar refractivity (Wildman–Crippen MR) is 73.1 cm³/mol. The maximum atomic E-state index is 11.6. The Balaban J connectivity index is 2.37. The van der Waals surface area contributed by atoms with Crippen molar-refractivity contribution in [2.75, 3.05) is 6.54 Å². The molecule has 0 aromatic carbocycles. The fourth-order valence-corrected chi connectivity index (χ4v) is 2.08. The van der Waals surface area contributed by atoms with Crippen LogP contribution in [-0.2, 0) is 11.3 Å². The molecule has 0 saturated carbocycles. The minimum Gasteiger partial charge on any atom is -0.481 e. The second-order valence-electron chi connectivity index (χ2n) is 4.60. The first-order valence-electron chi connectivity index (χ1n) is 6.04. The van der Waals surface area contributed by atoms with Crippen LogP contribution in [0.15, 0.2) is 6.20 Å². The number of carboxylic acid groups (broad SMARTS) is 1. The van der Waals surface area contributed by atoms with Crippen LogP contribution >= 0.6 is 11.3 Å². The number of urea groups is 1. The van der Waals surface area contributed by atoms with E-state index in [9.17, 15) is 9.59 Å². The van der Waals surface area contributed by atoms with Gasteiger partial charge in [-0.2, -0.15) is 0 Å². The number of nitrogens with one attached hydrogen (secondary N) is 2. The number of nitrogens with zero attached hydrogens (tertiary/aromatic N) is 1. The topological polar surface area (TPSA) is 91.3 Å². The van der Waals surface area contributed by atoms with Crippen LogP contribution in [0.1, 0.15) is 30.2 Å². The number of carbonyl (C=O) groups excluding carboxylic acids is 1. The molecular formula is C12H19N3O3S. The molecule has 0 radical (unpaired) electrons. The Labute approximate surface area is 116 Å². The van der Waals surface area contributed by atoms with Crippen molar-refractivity contribution in [2.24, 2.45) is 5.41 Å². The van der Waals surface area contributed by atoms with Crippen LogP contribution in [0.2, 0.25) is 0 Å². The molecule has 0 bridgehead atoms. The number of aliphatic carboxylic acids is 1. The first kappa shape index (κ1) is 15.4. The van der Waals surface area contributed by atoms with E-state index in [4.69, 9.17) is 5.11 Å². The van der Waals surface area contributed by atoms with Crippen molar-refractivity contribution < 1.29 is 14.7 Å². The van der Waals surface area contributed by atoms with E-state index < -0.39 is 11.4 Å². The van der Waals surface area contributed by atoms with Crippen LogP contribution in [0.3, 0.4) is 0 Å². The highest BCUT2D eigenvalue weighted by Crippen LogP contribution is 2.19. The summed E-state index contributed by atoms with van der Waals surface area (Å²) in [5.41, 5.74) is -0.932. The highest BCUT2D eigenvalue weighted by Gasteiger charge is 2.31. The Hall–Kier alpha value is -1.63. The van der Waals surface area contributed by atoms with E-state index in [1.807, 2.05) is 6.92 Å². The van der Waals surface area contributed by atoms with Crippen LogP contribution in [0.25, 0.3) is 0 Å². The maximum Gasteiger partial charge on any atom is 0.315 e. The lowest BCUT2D eigenvalue weighted by molar-refractivity contribution is -0.147. The minimum absolute atomic E-state index is 0.104. The summed E-state index contributed by atoms with van der Waals surface area (Å²) in [4.78, 5) is 27.7. The van der Waals surface area contributed by atoms with Gasteiger partial charge < -0.3 is 15.7 Å². The summed E-state index contributed by atoms with van der Waals surface area (Å²) < 4.78 is 0. The number of rotatable bonds is 6. The van der Waals surface area contributed by atoms with Crippen molar-refractivity contribution >= 4 is 23.3 Å². The Bertz CT molecular complexity index is 461. The molecule has 2 amide bonds. The molecule has 0 saturated heterocycles. The average molecular weight is 285 g/mol.